The number of piperidine rings is 1. The number of rotatable bonds is 3. The first-order chi connectivity index (χ1) is 13.2. The average Bonchev–Trinajstić information content (AvgIpc) is 3.01. The fourth-order valence-corrected chi connectivity index (χ4v) is 4.72. The van der Waals surface area contributed by atoms with Gasteiger partial charge in [-0.1, -0.05) is 12.1 Å². The normalized spacial score (nSPS) is 28.2. The maximum Gasteiger partial charge on any atom is 0.573 e. The lowest BCUT2D eigenvalue weighted by atomic mass is 9.61. The summed E-state index contributed by atoms with van der Waals surface area (Å²) >= 11 is 0. The predicted molar refractivity (Wildman–Crippen MR) is 92.4 cm³/mol. The van der Waals surface area contributed by atoms with Gasteiger partial charge >= 0.3 is 12.3 Å². The quantitative estimate of drug-likeness (QED) is 0.731. The van der Waals surface area contributed by atoms with Crippen molar-refractivity contribution in [2.45, 2.75) is 44.4 Å². The highest BCUT2D eigenvalue weighted by atomic mass is 19.4. The first-order valence-electron chi connectivity index (χ1n) is 9.53. The van der Waals surface area contributed by atoms with Crippen LogP contribution in [-0.4, -0.2) is 42.8 Å². The van der Waals surface area contributed by atoms with E-state index in [-0.39, 0.29) is 34.9 Å². The molecule has 5 nitrogen and oxygen atoms in total. The van der Waals surface area contributed by atoms with E-state index >= 15 is 0 Å². The van der Waals surface area contributed by atoms with Gasteiger partial charge in [0.05, 0.1) is 13.0 Å². The number of benzene rings is 1. The molecule has 1 saturated carbocycles. The topological polar surface area (TPSA) is 55.8 Å². The number of amides is 1. The minimum atomic E-state index is -4.70. The molecule has 1 amide bonds. The monoisotopic (exact) mass is 397 g/mol. The number of likely N-dealkylation sites (tertiary alicyclic amines) is 1. The molecule has 3 aliphatic rings. The summed E-state index contributed by atoms with van der Waals surface area (Å²) in [5, 5.41) is 0. The minimum Gasteiger partial charge on any atom is -0.465 e. The highest BCUT2D eigenvalue weighted by Crippen LogP contribution is 2.52. The number of carbonyl (C=O) groups excluding carboxylic acids is 2. The first-order valence-corrected chi connectivity index (χ1v) is 9.53. The summed E-state index contributed by atoms with van der Waals surface area (Å²) in [6, 6.07) is 6.09. The van der Waals surface area contributed by atoms with Gasteiger partial charge in [-0.3, -0.25) is 9.59 Å². The van der Waals surface area contributed by atoms with E-state index in [4.69, 9.17) is 4.74 Å². The zero-order valence-electron chi connectivity index (χ0n) is 15.3. The van der Waals surface area contributed by atoms with Gasteiger partial charge in [0, 0.05) is 24.4 Å². The highest BCUT2D eigenvalue weighted by Gasteiger charge is 2.53. The number of esters is 1. The van der Waals surface area contributed by atoms with E-state index in [0.717, 1.165) is 5.56 Å². The lowest BCUT2D eigenvalue weighted by molar-refractivity contribution is -0.274. The zero-order valence-corrected chi connectivity index (χ0v) is 15.3. The van der Waals surface area contributed by atoms with Crippen molar-refractivity contribution in [1.29, 1.82) is 0 Å². The molecule has 152 valence electrons. The summed E-state index contributed by atoms with van der Waals surface area (Å²) in [6.07, 6.45) is -1.47. The average molecular weight is 397 g/mol. The van der Waals surface area contributed by atoms with Gasteiger partial charge in [-0.15, -0.1) is 13.2 Å². The minimum absolute atomic E-state index is 0.0467. The van der Waals surface area contributed by atoms with Crippen LogP contribution in [0.15, 0.2) is 24.3 Å². The number of carbonyl (C=O) groups is 2. The number of ether oxygens (including phenoxy) is 2. The van der Waals surface area contributed by atoms with E-state index in [1.807, 2.05) is 4.90 Å². The van der Waals surface area contributed by atoms with Crippen LogP contribution in [0.4, 0.5) is 13.2 Å². The van der Waals surface area contributed by atoms with Gasteiger partial charge in [-0.25, -0.2) is 0 Å². The van der Waals surface area contributed by atoms with Crippen LogP contribution in [0, 0.1) is 11.3 Å². The largest absolute Gasteiger partial charge is 0.573 e. The number of nitrogens with zero attached hydrogens (tertiary/aromatic N) is 1. The van der Waals surface area contributed by atoms with Gasteiger partial charge in [0.25, 0.3) is 0 Å². The molecular formula is C20H22F3NO4. The fourth-order valence-electron chi connectivity index (χ4n) is 4.72. The Balaban J connectivity index is 1.30. The van der Waals surface area contributed by atoms with Gasteiger partial charge in [-0.2, -0.15) is 0 Å². The van der Waals surface area contributed by atoms with Crippen LogP contribution < -0.4 is 4.74 Å². The van der Waals surface area contributed by atoms with Crippen molar-refractivity contribution in [3.63, 3.8) is 0 Å². The maximum atomic E-state index is 12.7. The highest BCUT2D eigenvalue weighted by molar-refractivity contribution is 5.81. The smallest absolute Gasteiger partial charge is 0.465 e. The second-order valence-corrected chi connectivity index (χ2v) is 8.16. The molecule has 0 aromatic heterocycles. The molecule has 2 aliphatic heterocycles. The predicted octanol–water partition coefficient (Wildman–Crippen LogP) is 3.63. The van der Waals surface area contributed by atoms with Crippen LogP contribution in [0.25, 0.3) is 0 Å². The molecule has 0 unspecified atom stereocenters. The molecule has 2 heterocycles. The third-order valence-electron chi connectivity index (χ3n) is 6.14. The number of alkyl halides is 3. The molecule has 1 aromatic carbocycles. The van der Waals surface area contributed by atoms with E-state index in [0.29, 0.717) is 51.8 Å². The molecule has 1 aliphatic carbocycles. The second-order valence-electron chi connectivity index (χ2n) is 8.16. The fraction of sp³-hybridized carbons (Fsp3) is 0.600. The van der Waals surface area contributed by atoms with Crippen LogP contribution >= 0.6 is 0 Å². The molecule has 0 N–H and O–H groups in total. The summed E-state index contributed by atoms with van der Waals surface area (Å²) in [5.74, 6) is -0.207. The van der Waals surface area contributed by atoms with Crippen LogP contribution in [0.5, 0.6) is 5.75 Å². The standard InChI is InChI=1S/C20H22F3NO4/c21-20(22,23)28-16-3-1-2-14(8-16)13-4-6-24(7-5-13)18(26)15-9-19(10-15)11-17(25)27-12-19/h1-3,8,13,15H,4-7,9-12H2. The zero-order chi connectivity index (χ0) is 19.9. The third kappa shape index (κ3) is 3.95. The molecule has 0 radical (unpaired) electrons. The molecule has 1 spiro atoms. The molecule has 8 heteroatoms. The summed E-state index contributed by atoms with van der Waals surface area (Å²) in [5.41, 5.74) is 0.673. The third-order valence-corrected chi connectivity index (χ3v) is 6.14. The van der Waals surface area contributed by atoms with Crippen LogP contribution in [0.3, 0.4) is 0 Å². The van der Waals surface area contributed by atoms with Gasteiger partial charge in [0.1, 0.15) is 5.75 Å². The number of hydrogen-bond donors (Lipinski definition) is 0. The Morgan fingerprint density at radius 1 is 1.21 bits per heavy atom. The molecule has 1 aromatic rings. The van der Waals surface area contributed by atoms with Crippen molar-refractivity contribution in [1.82, 2.24) is 4.90 Å². The van der Waals surface area contributed by atoms with Crippen molar-refractivity contribution in [3.8, 4) is 5.75 Å². The first kappa shape index (κ1) is 19.1. The Kier molecular flexibility index (Phi) is 4.75. The summed E-state index contributed by atoms with van der Waals surface area (Å²) in [7, 11) is 0. The Hall–Kier alpha value is -2.25. The van der Waals surface area contributed by atoms with Crippen molar-refractivity contribution in [3.05, 3.63) is 29.8 Å². The van der Waals surface area contributed by atoms with Gasteiger partial charge in [0.15, 0.2) is 0 Å². The van der Waals surface area contributed by atoms with E-state index in [1.165, 1.54) is 12.1 Å². The van der Waals surface area contributed by atoms with E-state index < -0.39 is 6.36 Å². The number of hydrogen-bond acceptors (Lipinski definition) is 4. The maximum absolute atomic E-state index is 12.7. The summed E-state index contributed by atoms with van der Waals surface area (Å²) < 4.78 is 46.3. The summed E-state index contributed by atoms with van der Waals surface area (Å²) in [6.45, 7) is 1.60. The SMILES string of the molecule is O=C1CC2(CO1)CC(C(=O)N1CCC(c3cccc(OC(F)(F)F)c3)CC1)C2. The lowest BCUT2D eigenvalue weighted by Gasteiger charge is -2.45. The van der Waals surface area contributed by atoms with Crippen molar-refractivity contribution in [2.24, 2.45) is 11.3 Å². The Bertz CT molecular complexity index is 765. The van der Waals surface area contributed by atoms with E-state index in [1.54, 1.807) is 12.1 Å². The molecule has 2 saturated heterocycles. The summed E-state index contributed by atoms with van der Waals surface area (Å²) in [4.78, 5) is 25.9. The van der Waals surface area contributed by atoms with Crippen molar-refractivity contribution in [2.75, 3.05) is 19.7 Å². The van der Waals surface area contributed by atoms with Crippen LogP contribution in [-0.2, 0) is 14.3 Å². The number of halogens is 3. The van der Waals surface area contributed by atoms with Crippen LogP contribution in [0.1, 0.15) is 43.6 Å². The lowest BCUT2D eigenvalue weighted by Crippen LogP contribution is -2.49. The van der Waals surface area contributed by atoms with Gasteiger partial charge in [0.2, 0.25) is 5.91 Å². The molecule has 0 atom stereocenters. The second kappa shape index (κ2) is 6.97. The van der Waals surface area contributed by atoms with Crippen molar-refractivity contribution < 1.29 is 32.2 Å². The molecule has 28 heavy (non-hydrogen) atoms. The molecule has 4 rings (SSSR count). The van der Waals surface area contributed by atoms with E-state index in [2.05, 4.69) is 4.74 Å². The molecule has 3 fully saturated rings. The van der Waals surface area contributed by atoms with Gasteiger partial charge < -0.3 is 14.4 Å². The Labute approximate surface area is 160 Å². The number of cyclic esters (lactones) is 1. The van der Waals surface area contributed by atoms with E-state index in [9.17, 15) is 22.8 Å². The van der Waals surface area contributed by atoms with Gasteiger partial charge in [-0.05, 0) is 49.3 Å². The molecular weight excluding hydrogens is 375 g/mol. The van der Waals surface area contributed by atoms with Crippen molar-refractivity contribution >= 4 is 11.9 Å². The Morgan fingerprint density at radius 2 is 1.93 bits per heavy atom. The molecule has 0 bridgehead atoms. The van der Waals surface area contributed by atoms with Crippen LogP contribution in [0.2, 0.25) is 0 Å². The Morgan fingerprint density at radius 3 is 2.54 bits per heavy atom.